The van der Waals surface area contributed by atoms with E-state index in [1.54, 1.807) is 11.0 Å². The van der Waals surface area contributed by atoms with Gasteiger partial charge in [-0.3, -0.25) is 0 Å². The quantitative estimate of drug-likeness (QED) is 0.593. The Bertz CT molecular complexity index is 392. The lowest BCUT2D eigenvalue weighted by Crippen LogP contribution is -2.21. The van der Waals surface area contributed by atoms with Crippen molar-refractivity contribution in [2.24, 2.45) is 0 Å². The van der Waals surface area contributed by atoms with Crippen LogP contribution in [0.4, 0.5) is 0 Å². The topological polar surface area (TPSA) is 49.2 Å². The maximum Gasteiger partial charge on any atom is 0.199 e. The van der Waals surface area contributed by atoms with Crippen molar-refractivity contribution < 1.29 is 9.47 Å². The number of ether oxygens (including phenoxy) is 2. The fourth-order valence-corrected chi connectivity index (χ4v) is 1.79. The SMILES string of the molecule is C/C=C\C(=C/Cn1cncn1)OC1CCCCO1. The molecular formula is C13H19N3O2. The summed E-state index contributed by atoms with van der Waals surface area (Å²) in [5, 5.41) is 4.05. The highest BCUT2D eigenvalue weighted by Gasteiger charge is 2.15. The van der Waals surface area contributed by atoms with Crippen molar-refractivity contribution >= 4 is 0 Å². The van der Waals surface area contributed by atoms with Gasteiger partial charge in [-0.15, -0.1) is 0 Å². The Morgan fingerprint density at radius 2 is 2.50 bits per heavy atom. The fourth-order valence-electron chi connectivity index (χ4n) is 1.79. The zero-order chi connectivity index (χ0) is 12.6. The van der Waals surface area contributed by atoms with Gasteiger partial charge in [0, 0.05) is 6.42 Å². The Hall–Kier alpha value is -1.62. The number of hydrogen-bond donors (Lipinski definition) is 0. The van der Waals surface area contributed by atoms with E-state index in [4.69, 9.17) is 9.47 Å². The highest BCUT2D eigenvalue weighted by atomic mass is 16.7. The largest absolute Gasteiger partial charge is 0.465 e. The number of rotatable bonds is 5. The molecule has 0 N–H and O–H groups in total. The van der Waals surface area contributed by atoms with Crippen LogP contribution >= 0.6 is 0 Å². The lowest BCUT2D eigenvalue weighted by molar-refractivity contribution is -0.136. The summed E-state index contributed by atoms with van der Waals surface area (Å²) in [6.45, 7) is 3.40. The van der Waals surface area contributed by atoms with Crippen molar-refractivity contribution in [3.05, 3.63) is 36.6 Å². The van der Waals surface area contributed by atoms with Crippen LogP contribution in [0, 0.1) is 0 Å². The molecule has 1 aromatic heterocycles. The standard InChI is InChI=1S/C13H19N3O2/c1-2-5-12(7-8-16-11-14-10-15-16)18-13-6-3-4-9-17-13/h2,5,7,10-11,13H,3-4,6,8-9H2,1H3/b5-2-,12-7+. The number of allylic oxidation sites excluding steroid dienone is 3. The Morgan fingerprint density at radius 3 is 3.17 bits per heavy atom. The molecule has 1 unspecified atom stereocenters. The van der Waals surface area contributed by atoms with Gasteiger partial charge in [0.25, 0.3) is 0 Å². The van der Waals surface area contributed by atoms with Crippen LogP contribution in [-0.4, -0.2) is 27.7 Å². The van der Waals surface area contributed by atoms with Gasteiger partial charge in [0.05, 0.1) is 13.2 Å². The number of nitrogens with zero attached hydrogens (tertiary/aromatic N) is 3. The average Bonchev–Trinajstić information content (AvgIpc) is 2.91. The Kier molecular flexibility index (Phi) is 4.96. The lowest BCUT2D eigenvalue weighted by atomic mass is 10.2. The van der Waals surface area contributed by atoms with Gasteiger partial charge in [0.2, 0.25) is 0 Å². The summed E-state index contributed by atoms with van der Waals surface area (Å²) >= 11 is 0. The highest BCUT2D eigenvalue weighted by molar-refractivity contribution is 5.11. The first-order valence-electron chi connectivity index (χ1n) is 6.32. The van der Waals surface area contributed by atoms with E-state index in [1.165, 1.54) is 6.33 Å². The first-order valence-corrected chi connectivity index (χ1v) is 6.32. The zero-order valence-corrected chi connectivity index (χ0v) is 10.7. The van der Waals surface area contributed by atoms with E-state index in [2.05, 4.69) is 10.1 Å². The molecule has 0 aromatic carbocycles. The van der Waals surface area contributed by atoms with Gasteiger partial charge >= 0.3 is 0 Å². The average molecular weight is 249 g/mol. The van der Waals surface area contributed by atoms with Crippen LogP contribution in [0.15, 0.2) is 36.6 Å². The van der Waals surface area contributed by atoms with Crippen LogP contribution in [0.3, 0.4) is 0 Å². The summed E-state index contributed by atoms with van der Waals surface area (Å²) in [5.74, 6) is 0.819. The van der Waals surface area contributed by atoms with Gasteiger partial charge in [0.1, 0.15) is 18.4 Å². The minimum Gasteiger partial charge on any atom is -0.465 e. The van der Waals surface area contributed by atoms with Gasteiger partial charge < -0.3 is 9.47 Å². The summed E-state index contributed by atoms with van der Waals surface area (Å²) in [4.78, 5) is 3.90. The molecule has 0 aliphatic carbocycles. The lowest BCUT2D eigenvalue weighted by Gasteiger charge is -2.23. The van der Waals surface area contributed by atoms with E-state index in [-0.39, 0.29) is 6.29 Å². The molecule has 0 bridgehead atoms. The first kappa shape index (κ1) is 12.8. The van der Waals surface area contributed by atoms with Crippen molar-refractivity contribution in [2.45, 2.75) is 39.0 Å². The maximum absolute atomic E-state index is 5.82. The van der Waals surface area contributed by atoms with Gasteiger partial charge in [-0.25, -0.2) is 9.67 Å². The van der Waals surface area contributed by atoms with Crippen molar-refractivity contribution in [3.8, 4) is 0 Å². The van der Waals surface area contributed by atoms with E-state index in [0.717, 1.165) is 31.6 Å². The molecule has 0 amide bonds. The molecule has 5 nitrogen and oxygen atoms in total. The van der Waals surface area contributed by atoms with Gasteiger partial charge in [-0.05, 0) is 31.9 Å². The van der Waals surface area contributed by atoms with Crippen molar-refractivity contribution in [2.75, 3.05) is 6.61 Å². The highest BCUT2D eigenvalue weighted by Crippen LogP contribution is 2.17. The third-order valence-corrected chi connectivity index (χ3v) is 2.68. The summed E-state index contributed by atoms with van der Waals surface area (Å²) < 4.78 is 13.1. The summed E-state index contributed by atoms with van der Waals surface area (Å²) in [6, 6.07) is 0. The molecule has 1 saturated heterocycles. The molecule has 98 valence electrons. The van der Waals surface area contributed by atoms with Crippen molar-refractivity contribution in [1.29, 1.82) is 0 Å². The van der Waals surface area contributed by atoms with Crippen LogP contribution in [-0.2, 0) is 16.0 Å². The van der Waals surface area contributed by atoms with E-state index < -0.39 is 0 Å². The molecule has 1 fully saturated rings. The van der Waals surface area contributed by atoms with E-state index in [9.17, 15) is 0 Å². The van der Waals surface area contributed by atoms with Crippen molar-refractivity contribution in [3.63, 3.8) is 0 Å². The molecule has 1 aromatic rings. The Morgan fingerprint density at radius 1 is 1.56 bits per heavy atom. The summed E-state index contributed by atoms with van der Waals surface area (Å²) in [6.07, 6.45) is 12.2. The van der Waals surface area contributed by atoms with E-state index in [0.29, 0.717) is 6.54 Å². The third-order valence-electron chi connectivity index (χ3n) is 2.68. The predicted molar refractivity (Wildman–Crippen MR) is 67.6 cm³/mol. The van der Waals surface area contributed by atoms with Crippen molar-refractivity contribution in [1.82, 2.24) is 14.8 Å². The molecular weight excluding hydrogens is 230 g/mol. The van der Waals surface area contributed by atoms with Crippen LogP contribution in [0.25, 0.3) is 0 Å². The maximum atomic E-state index is 5.82. The monoisotopic (exact) mass is 249 g/mol. The summed E-state index contributed by atoms with van der Waals surface area (Å²) in [7, 11) is 0. The molecule has 0 spiro atoms. The van der Waals surface area contributed by atoms with Crippen LogP contribution in [0.5, 0.6) is 0 Å². The number of hydrogen-bond acceptors (Lipinski definition) is 4. The molecule has 1 aliphatic rings. The van der Waals surface area contributed by atoms with Crippen LogP contribution < -0.4 is 0 Å². The van der Waals surface area contributed by atoms with Gasteiger partial charge in [0.15, 0.2) is 6.29 Å². The molecule has 1 atom stereocenters. The van der Waals surface area contributed by atoms with Gasteiger partial charge in [-0.1, -0.05) is 6.08 Å². The molecule has 2 rings (SSSR count). The van der Waals surface area contributed by atoms with Crippen LogP contribution in [0.2, 0.25) is 0 Å². The minimum absolute atomic E-state index is 0.114. The molecule has 5 heteroatoms. The van der Waals surface area contributed by atoms with Crippen LogP contribution in [0.1, 0.15) is 26.2 Å². The van der Waals surface area contributed by atoms with E-state index in [1.807, 2.05) is 25.2 Å². The van der Waals surface area contributed by atoms with Gasteiger partial charge in [-0.2, -0.15) is 5.10 Å². The Labute approximate surface area is 107 Å². The normalized spacial score (nSPS) is 21.4. The predicted octanol–water partition coefficient (Wildman–Crippen LogP) is 2.28. The Balaban J connectivity index is 1.91. The second kappa shape index (κ2) is 6.96. The second-order valence-corrected chi connectivity index (χ2v) is 4.14. The first-order chi connectivity index (χ1) is 8.88. The molecule has 2 heterocycles. The number of aromatic nitrogens is 3. The fraction of sp³-hybridized carbons (Fsp3) is 0.538. The minimum atomic E-state index is -0.114. The zero-order valence-electron chi connectivity index (χ0n) is 10.7. The molecule has 0 saturated carbocycles. The molecule has 0 radical (unpaired) electrons. The third kappa shape index (κ3) is 4.00. The second-order valence-electron chi connectivity index (χ2n) is 4.14. The van der Waals surface area contributed by atoms with E-state index >= 15 is 0 Å². The molecule has 18 heavy (non-hydrogen) atoms. The summed E-state index contributed by atoms with van der Waals surface area (Å²) in [5.41, 5.74) is 0. The molecule has 1 aliphatic heterocycles. The smallest absolute Gasteiger partial charge is 0.199 e.